The molecule has 2 atom stereocenters. The monoisotopic (exact) mass is 398 g/mol. The number of carbonyl (C=O) groups is 1. The fourth-order valence-corrected chi connectivity index (χ4v) is 5.97. The summed E-state index contributed by atoms with van der Waals surface area (Å²) < 4.78 is 0. The van der Waals surface area contributed by atoms with Gasteiger partial charge >= 0.3 is 0 Å². The van der Waals surface area contributed by atoms with E-state index in [1.807, 2.05) is 30.0 Å². The van der Waals surface area contributed by atoms with Crippen LogP contribution in [0, 0.1) is 5.92 Å². The molecule has 0 bridgehead atoms. The van der Waals surface area contributed by atoms with Gasteiger partial charge in [-0.2, -0.15) is 0 Å². The summed E-state index contributed by atoms with van der Waals surface area (Å²) in [4.78, 5) is 23.6. The van der Waals surface area contributed by atoms with Crippen LogP contribution in [0.1, 0.15) is 51.4 Å². The standard InChI is InChI=1S/C22H30N4OS/c27-21(23-16-10-11-16)20-12-17(14-26(20)13-15-6-2-1-3-7-15)28-22-24-18-8-4-5-9-19(18)25-22/h4-5,8-9,15-17,20H,1-3,6-7,10-14H2,(H,23,27)(H,24,25)/t17-,20-/m0/s1. The van der Waals surface area contributed by atoms with Crippen molar-refractivity contribution in [2.24, 2.45) is 5.92 Å². The minimum absolute atomic E-state index is 0.0319. The van der Waals surface area contributed by atoms with E-state index in [-0.39, 0.29) is 11.9 Å². The zero-order chi connectivity index (χ0) is 18.9. The molecule has 5 rings (SSSR count). The van der Waals surface area contributed by atoms with Crippen LogP contribution >= 0.6 is 11.8 Å². The Morgan fingerprint density at radius 3 is 2.79 bits per heavy atom. The number of nitrogens with zero attached hydrogens (tertiary/aromatic N) is 2. The van der Waals surface area contributed by atoms with Gasteiger partial charge in [0.15, 0.2) is 5.16 Å². The van der Waals surface area contributed by atoms with Crippen LogP contribution in [0.4, 0.5) is 0 Å². The molecule has 3 fully saturated rings. The zero-order valence-corrected chi connectivity index (χ0v) is 17.2. The Morgan fingerprint density at radius 2 is 2.00 bits per heavy atom. The summed E-state index contributed by atoms with van der Waals surface area (Å²) in [5.74, 6) is 1.02. The molecule has 5 nitrogen and oxygen atoms in total. The van der Waals surface area contributed by atoms with Gasteiger partial charge in [0.1, 0.15) is 0 Å². The minimum Gasteiger partial charge on any atom is -0.352 e. The van der Waals surface area contributed by atoms with Crippen LogP contribution in [0.2, 0.25) is 0 Å². The molecular formula is C22H30N4OS. The maximum Gasteiger partial charge on any atom is 0.237 e. The summed E-state index contributed by atoms with van der Waals surface area (Å²) in [6.07, 6.45) is 9.98. The van der Waals surface area contributed by atoms with Gasteiger partial charge in [-0.25, -0.2) is 4.98 Å². The van der Waals surface area contributed by atoms with Crippen LogP contribution in [0.15, 0.2) is 29.4 Å². The quantitative estimate of drug-likeness (QED) is 0.773. The van der Waals surface area contributed by atoms with E-state index in [0.717, 1.165) is 54.5 Å². The summed E-state index contributed by atoms with van der Waals surface area (Å²) >= 11 is 1.81. The Balaban J connectivity index is 1.27. The number of aromatic nitrogens is 2. The van der Waals surface area contributed by atoms with Crippen LogP contribution in [0.3, 0.4) is 0 Å². The molecule has 0 radical (unpaired) electrons. The van der Waals surface area contributed by atoms with Crippen molar-refractivity contribution < 1.29 is 4.79 Å². The summed E-state index contributed by atoms with van der Waals surface area (Å²) in [5, 5.41) is 4.65. The first-order valence-corrected chi connectivity index (χ1v) is 11.8. The van der Waals surface area contributed by atoms with E-state index in [1.54, 1.807) is 0 Å². The van der Waals surface area contributed by atoms with Crippen LogP contribution in [0.25, 0.3) is 11.0 Å². The average molecular weight is 399 g/mol. The number of benzene rings is 1. The number of carbonyl (C=O) groups excluding carboxylic acids is 1. The molecule has 28 heavy (non-hydrogen) atoms. The number of H-pyrrole nitrogens is 1. The largest absolute Gasteiger partial charge is 0.352 e. The predicted molar refractivity (Wildman–Crippen MR) is 113 cm³/mol. The van der Waals surface area contributed by atoms with Crippen molar-refractivity contribution in [2.75, 3.05) is 13.1 Å². The first kappa shape index (κ1) is 18.5. The Bertz CT molecular complexity index is 794. The molecular weight excluding hydrogens is 368 g/mol. The number of hydrogen-bond acceptors (Lipinski definition) is 4. The Hall–Kier alpha value is -1.53. The van der Waals surface area contributed by atoms with Gasteiger partial charge < -0.3 is 10.3 Å². The van der Waals surface area contributed by atoms with Gasteiger partial charge in [-0.3, -0.25) is 9.69 Å². The lowest BCUT2D eigenvalue weighted by Gasteiger charge is -2.30. The molecule has 2 heterocycles. The van der Waals surface area contributed by atoms with Crippen molar-refractivity contribution in [2.45, 2.75) is 73.9 Å². The first-order chi connectivity index (χ1) is 13.7. The number of fused-ring (bicyclic) bond motifs is 1. The molecule has 1 aliphatic heterocycles. The second kappa shape index (κ2) is 8.07. The zero-order valence-electron chi connectivity index (χ0n) is 16.4. The number of hydrogen-bond donors (Lipinski definition) is 2. The lowest BCUT2D eigenvalue weighted by Crippen LogP contribution is -2.45. The molecule has 1 saturated heterocycles. The fraction of sp³-hybridized carbons (Fsp3) is 0.636. The second-order valence-electron chi connectivity index (χ2n) is 8.79. The first-order valence-electron chi connectivity index (χ1n) is 10.9. The highest BCUT2D eigenvalue weighted by molar-refractivity contribution is 7.99. The molecule has 2 aromatic rings. The SMILES string of the molecule is O=C(NC1CC1)[C@@H]1C[C@H](Sc2nc3ccccc3[nH]2)CN1CC1CCCCC1. The number of aromatic amines is 1. The lowest BCUT2D eigenvalue weighted by molar-refractivity contribution is -0.125. The summed E-state index contributed by atoms with van der Waals surface area (Å²) in [6, 6.07) is 8.65. The second-order valence-corrected chi connectivity index (χ2v) is 10.1. The van der Waals surface area contributed by atoms with Crippen LogP contribution in [-0.2, 0) is 4.79 Å². The van der Waals surface area contributed by atoms with Gasteiger partial charge in [0.25, 0.3) is 0 Å². The molecule has 2 aliphatic carbocycles. The Kier molecular flexibility index (Phi) is 5.33. The van der Waals surface area contributed by atoms with Crippen LogP contribution < -0.4 is 5.32 Å². The third-order valence-electron chi connectivity index (χ3n) is 6.45. The van der Waals surface area contributed by atoms with E-state index in [1.165, 1.54) is 32.1 Å². The van der Waals surface area contributed by atoms with E-state index in [4.69, 9.17) is 4.98 Å². The van der Waals surface area contributed by atoms with E-state index in [2.05, 4.69) is 21.3 Å². The van der Waals surface area contributed by atoms with Crippen LogP contribution in [0.5, 0.6) is 0 Å². The summed E-state index contributed by atoms with van der Waals surface area (Å²) in [6.45, 7) is 2.07. The van der Waals surface area contributed by atoms with Gasteiger partial charge in [0, 0.05) is 24.4 Å². The molecule has 3 aliphatic rings. The molecule has 1 aromatic carbocycles. The molecule has 1 amide bonds. The smallest absolute Gasteiger partial charge is 0.237 e. The molecule has 2 N–H and O–H groups in total. The highest BCUT2D eigenvalue weighted by Gasteiger charge is 2.40. The van der Waals surface area contributed by atoms with Gasteiger partial charge in [-0.15, -0.1) is 0 Å². The number of imidazole rings is 1. The highest BCUT2D eigenvalue weighted by atomic mass is 32.2. The van der Waals surface area contributed by atoms with E-state index >= 15 is 0 Å². The van der Waals surface area contributed by atoms with Gasteiger partial charge in [0.05, 0.1) is 17.1 Å². The number of rotatable bonds is 6. The van der Waals surface area contributed by atoms with Gasteiger partial charge in [-0.1, -0.05) is 43.2 Å². The lowest BCUT2D eigenvalue weighted by atomic mass is 9.89. The molecule has 2 saturated carbocycles. The van der Waals surface area contributed by atoms with E-state index in [9.17, 15) is 4.79 Å². The third kappa shape index (κ3) is 4.23. The predicted octanol–water partition coefficient (Wildman–Crippen LogP) is 3.96. The number of amides is 1. The Morgan fingerprint density at radius 1 is 1.18 bits per heavy atom. The van der Waals surface area contributed by atoms with Gasteiger partial charge in [-0.05, 0) is 50.2 Å². The van der Waals surface area contributed by atoms with Crippen LogP contribution in [-0.4, -0.2) is 51.2 Å². The normalized spacial score (nSPS) is 26.7. The average Bonchev–Trinajstić information content (AvgIpc) is 3.28. The molecule has 6 heteroatoms. The minimum atomic E-state index is 0.0319. The number of nitrogens with one attached hydrogen (secondary N) is 2. The summed E-state index contributed by atoms with van der Waals surface area (Å²) in [7, 11) is 0. The summed E-state index contributed by atoms with van der Waals surface area (Å²) in [5.41, 5.74) is 2.11. The topological polar surface area (TPSA) is 61.0 Å². The third-order valence-corrected chi connectivity index (χ3v) is 7.55. The van der Waals surface area contributed by atoms with Crippen molar-refractivity contribution >= 4 is 28.7 Å². The van der Waals surface area contributed by atoms with Crippen molar-refractivity contribution in [3.63, 3.8) is 0 Å². The number of para-hydroxylation sites is 2. The van der Waals surface area contributed by atoms with Crippen molar-refractivity contribution in [1.82, 2.24) is 20.2 Å². The molecule has 0 spiro atoms. The maximum atomic E-state index is 12.9. The maximum absolute atomic E-state index is 12.9. The molecule has 0 unspecified atom stereocenters. The van der Waals surface area contributed by atoms with Crippen molar-refractivity contribution in [1.29, 1.82) is 0 Å². The van der Waals surface area contributed by atoms with E-state index in [0.29, 0.717) is 11.3 Å². The fourth-order valence-electron chi connectivity index (χ4n) is 4.79. The van der Waals surface area contributed by atoms with Crippen molar-refractivity contribution in [3.8, 4) is 0 Å². The molecule has 1 aromatic heterocycles. The van der Waals surface area contributed by atoms with Gasteiger partial charge in [0.2, 0.25) is 5.91 Å². The van der Waals surface area contributed by atoms with E-state index < -0.39 is 0 Å². The van der Waals surface area contributed by atoms with Crippen molar-refractivity contribution in [3.05, 3.63) is 24.3 Å². The molecule has 150 valence electrons. The number of thioether (sulfide) groups is 1. The highest BCUT2D eigenvalue weighted by Crippen LogP contribution is 2.35. The number of likely N-dealkylation sites (tertiary alicyclic amines) is 1. The Labute approximate surface area is 171 Å².